The summed E-state index contributed by atoms with van der Waals surface area (Å²) in [7, 11) is 2.06. The third-order valence-electron chi connectivity index (χ3n) is 6.58. The molecule has 2 aromatic rings. The zero-order chi connectivity index (χ0) is 20.6. The van der Waals surface area contributed by atoms with E-state index >= 15 is 0 Å². The molecule has 1 aromatic carbocycles. The van der Waals surface area contributed by atoms with E-state index < -0.39 is 0 Å². The van der Waals surface area contributed by atoms with Crippen LogP contribution in [0.5, 0.6) is 0 Å². The van der Waals surface area contributed by atoms with Gasteiger partial charge in [-0.25, -0.2) is 4.39 Å². The fraction of sp³-hybridized carbons (Fsp3) is 0.500. The lowest BCUT2D eigenvalue weighted by Crippen LogP contribution is -2.42. The summed E-state index contributed by atoms with van der Waals surface area (Å²) in [4.78, 5) is 22.0. The minimum atomic E-state index is -0.146. The second kappa shape index (κ2) is 7.86. The van der Waals surface area contributed by atoms with Crippen LogP contribution >= 0.6 is 0 Å². The fourth-order valence-corrected chi connectivity index (χ4v) is 4.90. The molecule has 2 aliphatic rings. The van der Waals surface area contributed by atoms with Gasteiger partial charge in [-0.3, -0.25) is 14.7 Å². The van der Waals surface area contributed by atoms with Crippen molar-refractivity contribution >= 4 is 11.6 Å². The summed E-state index contributed by atoms with van der Waals surface area (Å²) in [5, 5.41) is 0. The van der Waals surface area contributed by atoms with Crippen molar-refractivity contribution in [1.29, 1.82) is 0 Å². The number of hydrogen-bond donors (Lipinski definition) is 0. The van der Waals surface area contributed by atoms with E-state index in [1.54, 1.807) is 6.07 Å². The maximum atomic E-state index is 14.0. The second-order valence-electron chi connectivity index (χ2n) is 9.19. The molecule has 1 amide bonds. The van der Waals surface area contributed by atoms with Crippen molar-refractivity contribution < 1.29 is 9.18 Å². The Hall–Kier alpha value is -2.27. The van der Waals surface area contributed by atoms with Gasteiger partial charge in [0.1, 0.15) is 5.82 Å². The number of rotatable bonds is 4. The standard InChI is InChI=1S/C24H30FN3O/c1-24(2)16-28(21-9-6-14-26-22(21)24)23(29)17-10-12-19(13-11-17)27(3)15-18-7-4-5-8-20(18)25/h4-9,14,17,19H,10-13,15-16H2,1-3H3/t17-,19-. The van der Waals surface area contributed by atoms with Crippen LogP contribution in [0.2, 0.25) is 0 Å². The third-order valence-corrected chi connectivity index (χ3v) is 6.58. The number of fused-ring (bicyclic) bond motifs is 1. The van der Waals surface area contributed by atoms with Crippen LogP contribution in [0, 0.1) is 11.7 Å². The molecule has 0 radical (unpaired) electrons. The summed E-state index contributed by atoms with van der Waals surface area (Å²) in [6, 6.07) is 11.3. The minimum absolute atomic E-state index is 0.0649. The largest absolute Gasteiger partial charge is 0.309 e. The lowest BCUT2D eigenvalue weighted by Gasteiger charge is -2.35. The predicted molar refractivity (Wildman–Crippen MR) is 113 cm³/mol. The molecule has 0 bridgehead atoms. The molecule has 1 fully saturated rings. The normalized spacial score (nSPS) is 23.3. The van der Waals surface area contributed by atoms with Crippen molar-refractivity contribution in [3.63, 3.8) is 0 Å². The molecule has 0 saturated heterocycles. The van der Waals surface area contributed by atoms with Gasteiger partial charge in [0.15, 0.2) is 0 Å². The Labute approximate surface area is 172 Å². The molecule has 4 nitrogen and oxygen atoms in total. The van der Waals surface area contributed by atoms with Gasteiger partial charge in [-0.05, 0) is 50.9 Å². The molecule has 0 N–H and O–H groups in total. The van der Waals surface area contributed by atoms with Crippen LogP contribution in [0.1, 0.15) is 50.8 Å². The monoisotopic (exact) mass is 395 g/mol. The van der Waals surface area contributed by atoms with Gasteiger partial charge in [-0.1, -0.05) is 32.0 Å². The lowest BCUT2D eigenvalue weighted by atomic mass is 9.84. The number of carbonyl (C=O) groups excluding carboxylic acids is 1. The zero-order valence-corrected chi connectivity index (χ0v) is 17.6. The summed E-state index contributed by atoms with van der Waals surface area (Å²) in [6.07, 6.45) is 5.53. The van der Waals surface area contributed by atoms with Crippen molar-refractivity contribution in [3.05, 3.63) is 59.7 Å². The van der Waals surface area contributed by atoms with Crippen LogP contribution in [0.15, 0.2) is 42.6 Å². The number of amides is 1. The number of anilines is 1. The van der Waals surface area contributed by atoms with E-state index in [1.165, 1.54) is 6.07 Å². The first-order chi connectivity index (χ1) is 13.9. The number of benzene rings is 1. The summed E-state index contributed by atoms with van der Waals surface area (Å²) < 4.78 is 14.0. The molecule has 5 heteroatoms. The number of aromatic nitrogens is 1. The highest BCUT2D eigenvalue weighted by molar-refractivity contribution is 5.97. The quantitative estimate of drug-likeness (QED) is 0.763. The van der Waals surface area contributed by atoms with Crippen LogP contribution in [0.4, 0.5) is 10.1 Å². The number of pyridine rings is 1. The van der Waals surface area contributed by atoms with Gasteiger partial charge < -0.3 is 4.90 Å². The fourth-order valence-electron chi connectivity index (χ4n) is 4.90. The Kier molecular flexibility index (Phi) is 5.43. The number of hydrogen-bond acceptors (Lipinski definition) is 3. The van der Waals surface area contributed by atoms with Crippen molar-refractivity contribution in [3.8, 4) is 0 Å². The summed E-state index contributed by atoms with van der Waals surface area (Å²) in [5.74, 6) is 0.155. The Morgan fingerprint density at radius 3 is 2.62 bits per heavy atom. The van der Waals surface area contributed by atoms with Crippen molar-refractivity contribution in [1.82, 2.24) is 9.88 Å². The molecular weight excluding hydrogens is 365 g/mol. The van der Waals surface area contributed by atoms with E-state index in [0.717, 1.165) is 42.6 Å². The number of carbonyl (C=O) groups is 1. The molecule has 0 spiro atoms. The molecule has 4 rings (SSSR count). The molecular formula is C24H30FN3O. The molecule has 154 valence electrons. The predicted octanol–water partition coefficient (Wildman–Crippen LogP) is 4.54. The summed E-state index contributed by atoms with van der Waals surface area (Å²) in [5.41, 5.74) is 2.62. The van der Waals surface area contributed by atoms with Gasteiger partial charge >= 0.3 is 0 Å². The van der Waals surface area contributed by atoms with E-state index in [-0.39, 0.29) is 23.1 Å². The molecule has 1 saturated carbocycles. The SMILES string of the molecule is CN(Cc1ccccc1F)[C@H]1CC[C@H](C(=O)N2CC(C)(C)c3ncccc32)CC1. The Morgan fingerprint density at radius 1 is 1.17 bits per heavy atom. The van der Waals surface area contributed by atoms with Gasteiger partial charge in [0.25, 0.3) is 0 Å². The minimum Gasteiger partial charge on any atom is -0.309 e. The van der Waals surface area contributed by atoms with Gasteiger partial charge in [0.05, 0.1) is 11.4 Å². The van der Waals surface area contributed by atoms with Gasteiger partial charge in [-0.15, -0.1) is 0 Å². The number of nitrogens with zero attached hydrogens (tertiary/aromatic N) is 3. The number of halogens is 1. The van der Waals surface area contributed by atoms with Crippen molar-refractivity contribution in [2.75, 3.05) is 18.5 Å². The van der Waals surface area contributed by atoms with Crippen molar-refractivity contribution in [2.45, 2.75) is 57.5 Å². The first-order valence-corrected chi connectivity index (χ1v) is 10.6. The van der Waals surface area contributed by atoms with Crippen LogP contribution < -0.4 is 4.90 Å². The Balaban J connectivity index is 1.38. The highest BCUT2D eigenvalue weighted by atomic mass is 19.1. The highest BCUT2D eigenvalue weighted by Crippen LogP contribution is 2.40. The topological polar surface area (TPSA) is 36.4 Å². The molecule has 1 aromatic heterocycles. The second-order valence-corrected chi connectivity index (χ2v) is 9.19. The van der Waals surface area contributed by atoms with Gasteiger partial charge in [0, 0.05) is 42.2 Å². The molecule has 0 unspecified atom stereocenters. The van der Waals surface area contributed by atoms with E-state index in [9.17, 15) is 9.18 Å². The van der Waals surface area contributed by atoms with Gasteiger partial charge in [0.2, 0.25) is 5.91 Å². The van der Waals surface area contributed by atoms with E-state index in [0.29, 0.717) is 19.1 Å². The van der Waals surface area contributed by atoms with Gasteiger partial charge in [-0.2, -0.15) is 0 Å². The average molecular weight is 396 g/mol. The lowest BCUT2D eigenvalue weighted by molar-refractivity contribution is -0.123. The van der Waals surface area contributed by atoms with Crippen LogP contribution in [0.25, 0.3) is 0 Å². The van der Waals surface area contributed by atoms with E-state index in [2.05, 4.69) is 30.8 Å². The van der Waals surface area contributed by atoms with Crippen LogP contribution in [-0.4, -0.2) is 35.4 Å². The molecule has 1 aliphatic carbocycles. The highest BCUT2D eigenvalue weighted by Gasteiger charge is 2.41. The molecule has 0 atom stereocenters. The van der Waals surface area contributed by atoms with E-state index in [4.69, 9.17) is 0 Å². The Morgan fingerprint density at radius 2 is 1.90 bits per heavy atom. The maximum absolute atomic E-state index is 14.0. The van der Waals surface area contributed by atoms with E-state index in [1.807, 2.05) is 35.4 Å². The summed E-state index contributed by atoms with van der Waals surface area (Å²) >= 11 is 0. The first-order valence-electron chi connectivity index (χ1n) is 10.6. The average Bonchev–Trinajstić information content (AvgIpc) is 3.00. The molecule has 29 heavy (non-hydrogen) atoms. The van der Waals surface area contributed by atoms with Crippen molar-refractivity contribution in [2.24, 2.45) is 5.92 Å². The maximum Gasteiger partial charge on any atom is 0.230 e. The summed E-state index contributed by atoms with van der Waals surface area (Å²) in [6.45, 7) is 5.61. The van der Waals surface area contributed by atoms with Crippen LogP contribution in [0.3, 0.4) is 0 Å². The molecule has 2 heterocycles. The smallest absolute Gasteiger partial charge is 0.230 e. The Bertz CT molecular complexity index is 889. The third kappa shape index (κ3) is 3.93. The van der Waals surface area contributed by atoms with Crippen LogP contribution in [-0.2, 0) is 16.8 Å². The molecule has 1 aliphatic heterocycles. The zero-order valence-electron chi connectivity index (χ0n) is 17.6. The first kappa shape index (κ1) is 20.0.